The van der Waals surface area contributed by atoms with Gasteiger partial charge in [-0.25, -0.2) is 4.79 Å². The van der Waals surface area contributed by atoms with E-state index in [1.165, 1.54) is 48.5 Å². The minimum absolute atomic E-state index is 0.0825. The molecule has 0 unspecified atom stereocenters. The molecule has 0 saturated heterocycles. The largest absolute Gasteiger partial charge is 0.508 e. The van der Waals surface area contributed by atoms with Crippen LogP contribution >= 0.6 is 0 Å². The van der Waals surface area contributed by atoms with Crippen molar-refractivity contribution in [3.8, 4) is 11.5 Å². The van der Waals surface area contributed by atoms with E-state index in [4.69, 9.17) is 11.5 Å². The number of carboxylic acid groups (broad SMARTS) is 2. The lowest BCUT2D eigenvalue weighted by Gasteiger charge is -2.23. The maximum atomic E-state index is 13.2. The number of nitrogens with two attached hydrogens (primary N) is 2. The summed E-state index contributed by atoms with van der Waals surface area (Å²) in [7, 11) is 0. The summed E-state index contributed by atoms with van der Waals surface area (Å²) in [6.07, 6.45) is -1.96. The van der Waals surface area contributed by atoms with Crippen LogP contribution < -0.4 is 38.1 Å². The molecule has 2 aromatic rings. The lowest BCUT2D eigenvalue weighted by molar-refractivity contribution is -0.143. The molecule has 0 aromatic heterocycles. The Morgan fingerprint density at radius 3 is 1.55 bits per heavy atom. The molecule has 0 heterocycles. The Kier molecular flexibility index (Phi) is 15.8. The number of nitrogens with one attached hydrogen (secondary N) is 5. The Morgan fingerprint density at radius 2 is 1.08 bits per heavy atom. The van der Waals surface area contributed by atoms with Crippen molar-refractivity contribution in [3.63, 3.8) is 0 Å². The summed E-state index contributed by atoms with van der Waals surface area (Å²) in [5, 5.41) is 58.5. The molecule has 0 aliphatic heterocycles. The Bertz CT molecular complexity index is 1590. The minimum Gasteiger partial charge on any atom is -0.508 e. The number of aliphatic carboxylic acids is 2. The van der Waals surface area contributed by atoms with Gasteiger partial charge in [0.05, 0.1) is 32.0 Å². The van der Waals surface area contributed by atoms with Crippen LogP contribution in [0, 0.1) is 0 Å². The number of aliphatic hydroxyl groups is 1. The molecular weight excluding hydrogens is 678 g/mol. The number of primary amides is 1. The van der Waals surface area contributed by atoms with Gasteiger partial charge in [0.15, 0.2) is 0 Å². The quantitative estimate of drug-likeness (QED) is 0.0617. The summed E-state index contributed by atoms with van der Waals surface area (Å²) >= 11 is 0. The average molecular weight is 718 g/mol. The van der Waals surface area contributed by atoms with Crippen molar-refractivity contribution >= 4 is 47.4 Å². The minimum atomic E-state index is -1.79. The summed E-state index contributed by atoms with van der Waals surface area (Å²) in [5.41, 5.74) is 11.6. The van der Waals surface area contributed by atoms with Gasteiger partial charge in [0.2, 0.25) is 35.4 Å². The Hall–Kier alpha value is -6.28. The molecule has 276 valence electrons. The van der Waals surface area contributed by atoms with Crippen molar-refractivity contribution in [2.24, 2.45) is 11.5 Å². The maximum absolute atomic E-state index is 13.2. The molecule has 0 radical (unpaired) electrons. The van der Waals surface area contributed by atoms with Crippen LogP contribution in [0.2, 0.25) is 0 Å². The maximum Gasteiger partial charge on any atom is 0.326 e. The highest BCUT2D eigenvalue weighted by Gasteiger charge is 2.31. The zero-order valence-corrected chi connectivity index (χ0v) is 26.9. The molecule has 2 rings (SSSR count). The van der Waals surface area contributed by atoms with E-state index in [1.54, 1.807) is 0 Å². The SMILES string of the molecule is NC(=O)C[C@H](N)C(=O)N[C@@H](Cc1ccc(O)cc1)C(=O)N[C@@H](CO)C(=O)NCC(=O)N[C@@H](CC(=O)O)C(=O)N[C@@H](Cc1ccc(O)cc1)C(=O)O. The molecule has 0 spiro atoms. The fourth-order valence-electron chi connectivity index (χ4n) is 4.39. The molecule has 6 amide bonds. The highest BCUT2D eigenvalue weighted by Crippen LogP contribution is 2.13. The molecule has 0 saturated carbocycles. The monoisotopic (exact) mass is 717 g/mol. The van der Waals surface area contributed by atoms with Gasteiger partial charge in [0, 0.05) is 12.8 Å². The highest BCUT2D eigenvalue weighted by atomic mass is 16.4. The second kappa shape index (κ2) is 19.7. The molecule has 0 aliphatic rings. The van der Waals surface area contributed by atoms with E-state index < -0.39 is 104 Å². The predicted octanol–water partition coefficient (Wildman–Crippen LogP) is -4.31. The van der Waals surface area contributed by atoms with E-state index in [2.05, 4.69) is 26.6 Å². The van der Waals surface area contributed by atoms with Crippen molar-refractivity contribution in [1.82, 2.24) is 26.6 Å². The van der Waals surface area contributed by atoms with Crippen molar-refractivity contribution in [1.29, 1.82) is 0 Å². The van der Waals surface area contributed by atoms with Gasteiger partial charge in [-0.05, 0) is 35.4 Å². The van der Waals surface area contributed by atoms with E-state index >= 15 is 0 Å². The van der Waals surface area contributed by atoms with Gasteiger partial charge in [-0.1, -0.05) is 24.3 Å². The molecule has 51 heavy (non-hydrogen) atoms. The Morgan fingerprint density at radius 1 is 0.608 bits per heavy atom. The first-order chi connectivity index (χ1) is 24.0. The predicted molar refractivity (Wildman–Crippen MR) is 173 cm³/mol. The number of carbonyl (C=O) groups excluding carboxylic acids is 6. The fraction of sp³-hybridized carbons (Fsp3) is 0.355. The normalized spacial score (nSPS) is 13.6. The number of carbonyl (C=O) groups is 8. The standard InChI is InChI=1S/C31H39N7O13/c32-19(11-24(33)42)27(46)36-20(9-15-1-5-17(40)6-2-15)29(48)38-23(14-39)28(47)34-13-25(43)35-21(12-26(44)45)30(49)37-22(31(50)51)10-16-3-7-18(41)8-4-16/h1-8,19-23,39-41H,9-14,32H2,(H2,33,42)(H,34,47)(H,35,43)(H,36,46)(H,37,49)(H,38,48)(H,44,45)(H,50,51)/t19-,20-,21-,22-,23-/m0/s1. The van der Waals surface area contributed by atoms with E-state index in [0.29, 0.717) is 11.1 Å². The number of phenolic OH excluding ortho intramolecular Hbond substituents is 2. The summed E-state index contributed by atoms with van der Waals surface area (Å²) in [6.45, 7) is -1.89. The van der Waals surface area contributed by atoms with Gasteiger partial charge < -0.3 is 63.6 Å². The molecule has 14 N–H and O–H groups in total. The van der Waals surface area contributed by atoms with Gasteiger partial charge in [-0.3, -0.25) is 33.6 Å². The van der Waals surface area contributed by atoms with E-state index in [0.717, 1.165) is 0 Å². The number of aliphatic hydroxyl groups excluding tert-OH is 1. The number of carboxylic acids is 2. The van der Waals surface area contributed by atoms with Crippen molar-refractivity contribution in [2.45, 2.75) is 55.9 Å². The summed E-state index contributed by atoms with van der Waals surface area (Å²) < 4.78 is 0. The molecule has 5 atom stereocenters. The van der Waals surface area contributed by atoms with E-state index in [9.17, 15) is 63.9 Å². The van der Waals surface area contributed by atoms with Crippen LogP contribution in [-0.4, -0.2) is 116 Å². The number of amides is 6. The van der Waals surface area contributed by atoms with Gasteiger partial charge in [0.1, 0.15) is 35.7 Å². The Labute approximate surface area is 289 Å². The fourth-order valence-corrected chi connectivity index (χ4v) is 4.39. The van der Waals surface area contributed by atoms with Crippen LogP contribution in [0.5, 0.6) is 11.5 Å². The Balaban J connectivity index is 2.07. The topological polar surface area (TPSA) is 350 Å². The van der Waals surface area contributed by atoms with Crippen LogP contribution in [0.4, 0.5) is 0 Å². The number of benzene rings is 2. The van der Waals surface area contributed by atoms with Crippen molar-refractivity contribution in [2.75, 3.05) is 13.2 Å². The number of hydrogen-bond donors (Lipinski definition) is 12. The van der Waals surface area contributed by atoms with Crippen LogP contribution in [0.25, 0.3) is 0 Å². The highest BCUT2D eigenvalue weighted by molar-refractivity contribution is 5.96. The first-order valence-corrected chi connectivity index (χ1v) is 15.1. The van der Waals surface area contributed by atoms with Gasteiger partial charge in [-0.2, -0.15) is 0 Å². The van der Waals surface area contributed by atoms with Gasteiger partial charge in [0.25, 0.3) is 0 Å². The number of aromatic hydroxyl groups is 2. The molecule has 0 bridgehead atoms. The summed E-state index contributed by atoms with van der Waals surface area (Å²) in [4.78, 5) is 98.3. The van der Waals surface area contributed by atoms with E-state index in [1.807, 2.05) is 0 Å². The molecule has 20 nitrogen and oxygen atoms in total. The summed E-state index contributed by atoms with van der Waals surface area (Å²) in [6, 6.07) is 3.03. The molecule has 0 fully saturated rings. The first kappa shape index (κ1) is 40.9. The zero-order chi connectivity index (χ0) is 38.2. The number of hydrogen-bond acceptors (Lipinski definition) is 12. The second-order valence-corrected chi connectivity index (χ2v) is 11.2. The first-order valence-electron chi connectivity index (χ1n) is 15.1. The molecule has 2 aromatic carbocycles. The third-order valence-electron chi connectivity index (χ3n) is 7.03. The van der Waals surface area contributed by atoms with Crippen LogP contribution in [-0.2, 0) is 51.2 Å². The second-order valence-electron chi connectivity index (χ2n) is 11.2. The third-order valence-corrected chi connectivity index (χ3v) is 7.03. The molecule has 0 aliphatic carbocycles. The average Bonchev–Trinajstić information content (AvgIpc) is 3.06. The van der Waals surface area contributed by atoms with Gasteiger partial charge in [-0.15, -0.1) is 0 Å². The number of rotatable bonds is 20. The lowest BCUT2D eigenvalue weighted by atomic mass is 10.0. The van der Waals surface area contributed by atoms with E-state index in [-0.39, 0.29) is 24.3 Å². The third kappa shape index (κ3) is 14.4. The van der Waals surface area contributed by atoms with Crippen molar-refractivity contribution in [3.05, 3.63) is 59.7 Å². The van der Waals surface area contributed by atoms with Crippen LogP contribution in [0.3, 0.4) is 0 Å². The van der Waals surface area contributed by atoms with Crippen molar-refractivity contribution < 1.29 is 63.9 Å². The summed E-state index contributed by atoms with van der Waals surface area (Å²) in [5.74, 6) is -9.37. The van der Waals surface area contributed by atoms with Crippen LogP contribution in [0.1, 0.15) is 24.0 Å². The van der Waals surface area contributed by atoms with Crippen LogP contribution in [0.15, 0.2) is 48.5 Å². The number of phenols is 2. The zero-order valence-electron chi connectivity index (χ0n) is 26.9. The lowest BCUT2D eigenvalue weighted by Crippen LogP contribution is -2.58. The smallest absolute Gasteiger partial charge is 0.326 e. The molecular formula is C31H39N7O13. The van der Waals surface area contributed by atoms with Gasteiger partial charge >= 0.3 is 11.9 Å². The molecule has 20 heteroatoms.